The maximum absolute atomic E-state index is 6.22. The molecular weight excluding hydrogens is 424 g/mol. The summed E-state index contributed by atoms with van der Waals surface area (Å²) in [5.74, 6) is 2.81. The van der Waals surface area contributed by atoms with Crippen LogP contribution in [0.3, 0.4) is 0 Å². The first kappa shape index (κ1) is 23.1. The highest BCUT2D eigenvalue weighted by Crippen LogP contribution is 2.33. The number of benzene rings is 1. The molecular formula is C28H30N4O2. The van der Waals surface area contributed by atoms with Crippen LogP contribution in [0.1, 0.15) is 35.6 Å². The van der Waals surface area contributed by atoms with E-state index in [0.29, 0.717) is 24.9 Å². The number of rotatable bonds is 3. The van der Waals surface area contributed by atoms with Crippen LogP contribution in [0.4, 0.5) is 0 Å². The number of allylic oxidation sites excluding steroid dienone is 2. The minimum Gasteiger partial charge on any atom is -0.493 e. The Balaban J connectivity index is 1.81. The Morgan fingerprint density at radius 3 is 2.79 bits per heavy atom. The van der Waals surface area contributed by atoms with Gasteiger partial charge in [0.1, 0.15) is 24.0 Å². The number of pyridine rings is 1. The zero-order valence-electron chi connectivity index (χ0n) is 19.9. The number of ether oxygens (including phenoxy) is 2. The molecule has 0 fully saturated rings. The largest absolute Gasteiger partial charge is 0.493 e. The fraction of sp³-hybridized carbons (Fsp3) is 0.214. The third kappa shape index (κ3) is 5.12. The molecule has 0 atom stereocenters. The molecule has 1 aromatic heterocycles. The van der Waals surface area contributed by atoms with Crippen LogP contribution < -0.4 is 15.4 Å². The summed E-state index contributed by atoms with van der Waals surface area (Å²) < 4.78 is 12.2. The average molecular weight is 455 g/mol. The Hall–Kier alpha value is -4.06. The van der Waals surface area contributed by atoms with Crippen LogP contribution in [-0.4, -0.2) is 24.5 Å². The van der Waals surface area contributed by atoms with Crippen LogP contribution in [0, 0.1) is 6.92 Å². The number of nitrogens with zero attached hydrogens (tertiary/aromatic N) is 2. The molecule has 6 nitrogen and oxygen atoms in total. The molecule has 2 N–H and O–H groups in total. The van der Waals surface area contributed by atoms with Crippen molar-refractivity contribution in [3.05, 3.63) is 107 Å². The van der Waals surface area contributed by atoms with E-state index in [1.54, 1.807) is 12.4 Å². The van der Waals surface area contributed by atoms with Crippen LogP contribution in [0.2, 0.25) is 0 Å². The second kappa shape index (κ2) is 10.3. The molecule has 4 rings (SSSR count). The van der Waals surface area contributed by atoms with Crippen molar-refractivity contribution in [3.8, 4) is 5.75 Å². The number of aliphatic imine (C=N–C) groups is 1. The van der Waals surface area contributed by atoms with Gasteiger partial charge in [-0.3, -0.25) is 4.98 Å². The lowest BCUT2D eigenvalue weighted by Crippen LogP contribution is -2.29. The number of nitrogens with one attached hydrogen (secondary N) is 2. The summed E-state index contributed by atoms with van der Waals surface area (Å²) in [4.78, 5) is 8.96. The van der Waals surface area contributed by atoms with Crippen molar-refractivity contribution in [2.45, 2.75) is 26.9 Å². The first-order chi connectivity index (χ1) is 16.5. The van der Waals surface area contributed by atoms with E-state index in [4.69, 9.17) is 9.47 Å². The number of hydrogen-bond donors (Lipinski definition) is 2. The highest BCUT2D eigenvalue weighted by Gasteiger charge is 2.24. The van der Waals surface area contributed by atoms with Gasteiger partial charge >= 0.3 is 0 Å². The van der Waals surface area contributed by atoms with Gasteiger partial charge in [-0.2, -0.15) is 0 Å². The molecule has 0 radical (unpaired) electrons. The highest BCUT2D eigenvalue weighted by molar-refractivity contribution is 6.16. The van der Waals surface area contributed by atoms with Gasteiger partial charge in [0.05, 0.1) is 24.2 Å². The zero-order chi connectivity index (χ0) is 24.1. The lowest BCUT2D eigenvalue weighted by Gasteiger charge is -2.18. The first-order valence-corrected chi connectivity index (χ1v) is 11.3. The highest BCUT2D eigenvalue weighted by atomic mass is 16.5. The van der Waals surface area contributed by atoms with E-state index in [-0.39, 0.29) is 0 Å². The van der Waals surface area contributed by atoms with Crippen molar-refractivity contribution in [1.82, 2.24) is 15.6 Å². The van der Waals surface area contributed by atoms with Crippen LogP contribution in [-0.2, 0) is 11.3 Å². The molecule has 0 spiro atoms. The normalized spacial score (nSPS) is 19.3. The number of hydrogen-bond acceptors (Lipinski definition) is 6. The molecule has 1 aromatic carbocycles. The number of fused-ring (bicyclic) bond motifs is 6. The smallest absolute Gasteiger partial charge is 0.142 e. The molecule has 0 saturated heterocycles. The summed E-state index contributed by atoms with van der Waals surface area (Å²) in [5, 5.41) is 6.26. The third-order valence-electron chi connectivity index (χ3n) is 5.83. The van der Waals surface area contributed by atoms with Crippen molar-refractivity contribution >= 4 is 17.5 Å². The van der Waals surface area contributed by atoms with Crippen LogP contribution in [0.5, 0.6) is 5.75 Å². The molecule has 6 heteroatoms. The van der Waals surface area contributed by atoms with Gasteiger partial charge in [-0.1, -0.05) is 37.4 Å². The van der Waals surface area contributed by atoms with Gasteiger partial charge in [0.15, 0.2) is 0 Å². The maximum atomic E-state index is 6.22. The van der Waals surface area contributed by atoms with Gasteiger partial charge < -0.3 is 20.1 Å². The molecule has 174 valence electrons. The lowest BCUT2D eigenvalue weighted by molar-refractivity contribution is 0.199. The topological polar surface area (TPSA) is 67.8 Å². The van der Waals surface area contributed by atoms with Crippen molar-refractivity contribution in [2.75, 3.05) is 13.7 Å². The molecule has 2 aliphatic heterocycles. The SMILES string of the molecule is C=C/C1=C\c2cc(ccc2C)C2=CN=C(NC(=C)NC)/C2=C(\C)OCc2cncc(c2)OCC1. The van der Waals surface area contributed by atoms with Gasteiger partial charge in [-0.15, -0.1) is 0 Å². The molecule has 2 aromatic rings. The Morgan fingerprint density at radius 2 is 2.00 bits per heavy atom. The fourth-order valence-electron chi connectivity index (χ4n) is 3.83. The molecule has 3 heterocycles. The van der Waals surface area contributed by atoms with Gasteiger partial charge in [0.2, 0.25) is 0 Å². The number of aryl methyl sites for hydroxylation is 1. The summed E-state index contributed by atoms with van der Waals surface area (Å²) in [6.45, 7) is 13.0. The molecule has 2 aliphatic rings. The van der Waals surface area contributed by atoms with Gasteiger partial charge in [0, 0.05) is 37.0 Å². The van der Waals surface area contributed by atoms with Crippen molar-refractivity contribution in [2.24, 2.45) is 4.99 Å². The van der Waals surface area contributed by atoms with Crippen molar-refractivity contribution in [3.63, 3.8) is 0 Å². The Labute approximate surface area is 201 Å². The summed E-state index contributed by atoms with van der Waals surface area (Å²) in [6, 6.07) is 8.39. The fourth-order valence-corrected chi connectivity index (χ4v) is 3.83. The van der Waals surface area contributed by atoms with E-state index in [0.717, 1.165) is 51.3 Å². The van der Waals surface area contributed by atoms with E-state index in [9.17, 15) is 0 Å². The molecule has 0 aliphatic carbocycles. The minimum atomic E-state index is 0.365. The summed E-state index contributed by atoms with van der Waals surface area (Å²) in [5.41, 5.74) is 7.28. The second-order valence-electron chi connectivity index (χ2n) is 8.22. The van der Waals surface area contributed by atoms with Crippen LogP contribution in [0.25, 0.3) is 11.6 Å². The second-order valence-corrected chi connectivity index (χ2v) is 8.22. The molecule has 0 saturated carbocycles. The Bertz CT molecular complexity index is 1250. The van der Waals surface area contributed by atoms with Crippen molar-refractivity contribution < 1.29 is 9.47 Å². The van der Waals surface area contributed by atoms with Gasteiger partial charge in [-0.25, -0.2) is 4.99 Å². The van der Waals surface area contributed by atoms with E-state index >= 15 is 0 Å². The third-order valence-corrected chi connectivity index (χ3v) is 5.83. The summed E-state index contributed by atoms with van der Waals surface area (Å²) in [6.07, 6.45) is 10.2. The Morgan fingerprint density at radius 1 is 1.15 bits per heavy atom. The average Bonchev–Trinajstić information content (AvgIpc) is 3.26. The molecule has 0 unspecified atom stereocenters. The lowest BCUT2D eigenvalue weighted by atomic mass is 9.94. The predicted octanol–water partition coefficient (Wildman–Crippen LogP) is 5.27. The van der Waals surface area contributed by atoms with Gasteiger partial charge in [-0.05, 0) is 48.2 Å². The monoisotopic (exact) mass is 454 g/mol. The van der Waals surface area contributed by atoms with Crippen LogP contribution in [0.15, 0.2) is 89.8 Å². The standard InChI is InChI=1S/C28H30N4O2/c1-6-21-9-10-33-25-12-22(14-30-15-25)17-34-19(3)27-26(16-31-28(27)32-20(4)29-5)23-8-7-18(2)24(11-21)13-23/h6-8,11-16,29H,1,4,9-10,17H2,2-3,5H3,(H,31,32)/b21-11+,27-19+. The van der Waals surface area contributed by atoms with E-state index in [1.165, 1.54) is 5.56 Å². The quantitative estimate of drug-likeness (QED) is 0.662. The van der Waals surface area contributed by atoms with E-state index in [2.05, 4.69) is 65.0 Å². The molecule has 0 amide bonds. The van der Waals surface area contributed by atoms with E-state index in [1.807, 2.05) is 32.3 Å². The number of aromatic nitrogens is 1. The first-order valence-electron chi connectivity index (χ1n) is 11.3. The number of amidine groups is 1. The predicted molar refractivity (Wildman–Crippen MR) is 138 cm³/mol. The maximum Gasteiger partial charge on any atom is 0.142 e. The zero-order valence-corrected chi connectivity index (χ0v) is 19.9. The van der Waals surface area contributed by atoms with Crippen molar-refractivity contribution in [1.29, 1.82) is 0 Å². The Kier molecular flexibility index (Phi) is 6.97. The van der Waals surface area contributed by atoms with E-state index < -0.39 is 0 Å². The van der Waals surface area contributed by atoms with Gasteiger partial charge in [0.25, 0.3) is 0 Å². The summed E-state index contributed by atoms with van der Waals surface area (Å²) in [7, 11) is 1.81. The van der Waals surface area contributed by atoms with Crippen LogP contribution >= 0.6 is 0 Å². The molecule has 34 heavy (non-hydrogen) atoms. The molecule has 4 bridgehead atoms. The minimum absolute atomic E-state index is 0.365. The summed E-state index contributed by atoms with van der Waals surface area (Å²) >= 11 is 0.